The summed E-state index contributed by atoms with van der Waals surface area (Å²) in [7, 11) is 0. The summed E-state index contributed by atoms with van der Waals surface area (Å²) >= 11 is 5.73. The van der Waals surface area contributed by atoms with Gasteiger partial charge in [-0.3, -0.25) is 0 Å². The van der Waals surface area contributed by atoms with Crippen molar-refractivity contribution < 1.29 is 4.79 Å². The van der Waals surface area contributed by atoms with Crippen LogP contribution in [0.25, 0.3) is 0 Å². The summed E-state index contributed by atoms with van der Waals surface area (Å²) in [5.41, 5.74) is 1.96. The standard InChI is InChI=1S/C9H10ClNO/c1-7-5-8(3-2-4-12)6-9(10)11-7/h4-6H,2-3H2,1H3. The molecule has 0 aliphatic carbocycles. The van der Waals surface area contributed by atoms with Crippen molar-refractivity contribution >= 4 is 17.9 Å². The molecule has 3 heteroatoms. The highest BCUT2D eigenvalue weighted by atomic mass is 35.5. The highest BCUT2D eigenvalue weighted by Crippen LogP contribution is 2.11. The van der Waals surface area contributed by atoms with Gasteiger partial charge in [-0.2, -0.15) is 0 Å². The lowest BCUT2D eigenvalue weighted by Crippen LogP contribution is -1.90. The monoisotopic (exact) mass is 183 g/mol. The van der Waals surface area contributed by atoms with E-state index in [2.05, 4.69) is 4.98 Å². The minimum absolute atomic E-state index is 0.496. The Kier molecular flexibility index (Phi) is 3.23. The molecule has 0 amide bonds. The Morgan fingerprint density at radius 3 is 2.92 bits per heavy atom. The van der Waals surface area contributed by atoms with Gasteiger partial charge in [0.2, 0.25) is 0 Å². The lowest BCUT2D eigenvalue weighted by atomic mass is 10.1. The maximum atomic E-state index is 10.1. The Morgan fingerprint density at radius 1 is 1.58 bits per heavy atom. The lowest BCUT2D eigenvalue weighted by Gasteiger charge is -1.99. The van der Waals surface area contributed by atoms with Gasteiger partial charge in [0.15, 0.2) is 0 Å². The van der Waals surface area contributed by atoms with Crippen molar-refractivity contribution in [2.75, 3.05) is 0 Å². The number of rotatable bonds is 3. The summed E-state index contributed by atoms with van der Waals surface area (Å²) < 4.78 is 0. The van der Waals surface area contributed by atoms with Gasteiger partial charge >= 0.3 is 0 Å². The van der Waals surface area contributed by atoms with E-state index in [-0.39, 0.29) is 0 Å². The zero-order valence-electron chi connectivity index (χ0n) is 6.88. The number of aldehydes is 1. The molecule has 0 saturated carbocycles. The van der Waals surface area contributed by atoms with Crippen LogP contribution >= 0.6 is 11.6 Å². The Morgan fingerprint density at radius 2 is 2.33 bits per heavy atom. The van der Waals surface area contributed by atoms with Crippen molar-refractivity contribution in [3.63, 3.8) is 0 Å². The van der Waals surface area contributed by atoms with Crippen molar-refractivity contribution in [1.82, 2.24) is 4.98 Å². The molecule has 1 aromatic rings. The molecule has 64 valence electrons. The van der Waals surface area contributed by atoms with Gasteiger partial charge in [0.05, 0.1) is 0 Å². The summed E-state index contributed by atoms with van der Waals surface area (Å²) in [5, 5.41) is 0.496. The average Bonchev–Trinajstić information content (AvgIpc) is 1.99. The highest BCUT2D eigenvalue weighted by molar-refractivity contribution is 6.29. The van der Waals surface area contributed by atoms with Gasteiger partial charge in [0.25, 0.3) is 0 Å². The normalized spacial score (nSPS) is 9.83. The minimum Gasteiger partial charge on any atom is -0.303 e. The molecule has 0 radical (unpaired) electrons. The van der Waals surface area contributed by atoms with Crippen LogP contribution in [0.4, 0.5) is 0 Å². The fraction of sp³-hybridized carbons (Fsp3) is 0.333. The molecule has 0 atom stereocenters. The van der Waals surface area contributed by atoms with E-state index in [0.717, 1.165) is 24.0 Å². The molecule has 0 saturated heterocycles. The van der Waals surface area contributed by atoms with Gasteiger partial charge in [-0.25, -0.2) is 4.98 Å². The molecule has 0 bridgehead atoms. The summed E-state index contributed by atoms with van der Waals surface area (Å²) in [6.45, 7) is 1.89. The largest absolute Gasteiger partial charge is 0.303 e. The first kappa shape index (κ1) is 9.20. The van der Waals surface area contributed by atoms with E-state index >= 15 is 0 Å². The van der Waals surface area contributed by atoms with Crippen LogP contribution in [-0.2, 0) is 11.2 Å². The van der Waals surface area contributed by atoms with Crippen LogP contribution in [0.5, 0.6) is 0 Å². The van der Waals surface area contributed by atoms with E-state index in [4.69, 9.17) is 11.6 Å². The maximum Gasteiger partial charge on any atom is 0.129 e. The second-order valence-corrected chi connectivity index (χ2v) is 3.03. The number of hydrogen-bond donors (Lipinski definition) is 0. The summed E-state index contributed by atoms with van der Waals surface area (Å²) in [5.74, 6) is 0. The molecular weight excluding hydrogens is 174 g/mol. The van der Waals surface area contributed by atoms with Crippen LogP contribution in [0.1, 0.15) is 17.7 Å². The third kappa shape index (κ3) is 2.62. The lowest BCUT2D eigenvalue weighted by molar-refractivity contribution is -0.107. The summed E-state index contributed by atoms with van der Waals surface area (Å²) in [6, 6.07) is 3.73. The fourth-order valence-corrected chi connectivity index (χ4v) is 1.34. The van der Waals surface area contributed by atoms with Crippen LogP contribution in [0.3, 0.4) is 0 Å². The van der Waals surface area contributed by atoms with Crippen LogP contribution in [0, 0.1) is 6.92 Å². The molecule has 0 spiro atoms. The predicted molar refractivity (Wildman–Crippen MR) is 48.4 cm³/mol. The van der Waals surface area contributed by atoms with Crippen molar-refractivity contribution in [2.24, 2.45) is 0 Å². The molecule has 0 fully saturated rings. The summed E-state index contributed by atoms with van der Waals surface area (Å²) in [6.07, 6.45) is 2.19. The molecule has 0 N–H and O–H groups in total. The van der Waals surface area contributed by atoms with Gasteiger partial charge in [0, 0.05) is 12.1 Å². The van der Waals surface area contributed by atoms with Crippen LogP contribution in [0.2, 0.25) is 5.15 Å². The van der Waals surface area contributed by atoms with Gasteiger partial charge in [0.1, 0.15) is 11.4 Å². The Labute approximate surface area is 76.6 Å². The SMILES string of the molecule is Cc1cc(CCC=O)cc(Cl)n1. The van der Waals surface area contributed by atoms with Crippen LogP contribution in [-0.4, -0.2) is 11.3 Å². The number of carbonyl (C=O) groups excluding carboxylic acids is 1. The minimum atomic E-state index is 0.496. The van der Waals surface area contributed by atoms with E-state index in [1.165, 1.54) is 0 Å². The average molecular weight is 184 g/mol. The second-order valence-electron chi connectivity index (χ2n) is 2.64. The van der Waals surface area contributed by atoms with Gasteiger partial charge in [-0.05, 0) is 31.0 Å². The zero-order chi connectivity index (χ0) is 8.97. The van der Waals surface area contributed by atoms with E-state index in [1.54, 1.807) is 6.07 Å². The number of hydrogen-bond acceptors (Lipinski definition) is 2. The molecule has 0 aliphatic rings. The molecular formula is C9H10ClNO. The van der Waals surface area contributed by atoms with Crippen molar-refractivity contribution in [2.45, 2.75) is 19.8 Å². The van der Waals surface area contributed by atoms with E-state index in [0.29, 0.717) is 11.6 Å². The van der Waals surface area contributed by atoms with Crippen molar-refractivity contribution in [3.05, 3.63) is 28.5 Å². The number of nitrogens with zero attached hydrogens (tertiary/aromatic N) is 1. The molecule has 1 aromatic heterocycles. The smallest absolute Gasteiger partial charge is 0.129 e. The quantitative estimate of drug-likeness (QED) is 0.531. The van der Waals surface area contributed by atoms with Gasteiger partial charge in [-0.15, -0.1) is 0 Å². The first-order chi connectivity index (χ1) is 5.72. The molecule has 0 aliphatic heterocycles. The van der Waals surface area contributed by atoms with Gasteiger partial charge < -0.3 is 4.79 Å². The maximum absolute atomic E-state index is 10.1. The zero-order valence-corrected chi connectivity index (χ0v) is 7.64. The van der Waals surface area contributed by atoms with Crippen molar-refractivity contribution in [1.29, 1.82) is 0 Å². The molecule has 12 heavy (non-hydrogen) atoms. The van der Waals surface area contributed by atoms with Gasteiger partial charge in [-0.1, -0.05) is 11.6 Å². The molecule has 2 nitrogen and oxygen atoms in total. The number of aromatic nitrogens is 1. The second kappa shape index (κ2) is 4.21. The molecule has 0 unspecified atom stereocenters. The summed E-state index contributed by atoms with van der Waals surface area (Å²) in [4.78, 5) is 14.1. The third-order valence-corrected chi connectivity index (χ3v) is 1.73. The third-order valence-electron chi connectivity index (χ3n) is 1.53. The topological polar surface area (TPSA) is 30.0 Å². The number of carbonyl (C=O) groups is 1. The van der Waals surface area contributed by atoms with E-state index in [1.807, 2.05) is 13.0 Å². The Bertz CT molecular complexity index is 266. The fourth-order valence-electron chi connectivity index (χ4n) is 1.07. The number of pyridine rings is 1. The van der Waals surface area contributed by atoms with E-state index < -0.39 is 0 Å². The molecule has 1 rings (SSSR count). The number of halogens is 1. The highest BCUT2D eigenvalue weighted by Gasteiger charge is 1.97. The first-order valence-electron chi connectivity index (χ1n) is 3.79. The predicted octanol–water partition coefficient (Wildman–Crippen LogP) is 2.17. The van der Waals surface area contributed by atoms with Crippen LogP contribution in [0.15, 0.2) is 12.1 Å². The molecule has 1 heterocycles. The Hall–Kier alpha value is -0.890. The van der Waals surface area contributed by atoms with Crippen LogP contribution < -0.4 is 0 Å². The first-order valence-corrected chi connectivity index (χ1v) is 4.17. The molecule has 0 aromatic carbocycles. The number of aryl methyl sites for hydroxylation is 2. The van der Waals surface area contributed by atoms with Crippen molar-refractivity contribution in [3.8, 4) is 0 Å². The van der Waals surface area contributed by atoms with E-state index in [9.17, 15) is 4.79 Å². The Balaban J connectivity index is 2.78.